The molecular formula is C21H20ClN5O. The summed E-state index contributed by atoms with van der Waals surface area (Å²) < 4.78 is 5.64. The van der Waals surface area contributed by atoms with Crippen LogP contribution in [0.1, 0.15) is 41.8 Å². The van der Waals surface area contributed by atoms with Crippen molar-refractivity contribution in [2.45, 2.75) is 39.5 Å². The molecule has 0 aliphatic heterocycles. The van der Waals surface area contributed by atoms with Crippen LogP contribution < -0.4 is 4.74 Å². The third-order valence-corrected chi connectivity index (χ3v) is 4.65. The topological polar surface area (TPSA) is 84.6 Å². The highest BCUT2D eigenvalue weighted by Crippen LogP contribution is 2.22. The second-order valence-corrected chi connectivity index (χ2v) is 6.68. The molecule has 0 amide bonds. The van der Waals surface area contributed by atoms with E-state index in [1.165, 1.54) is 5.56 Å². The van der Waals surface area contributed by atoms with Gasteiger partial charge in [0.2, 0.25) is 5.88 Å². The molecule has 0 atom stereocenters. The molecule has 0 saturated carbocycles. The van der Waals surface area contributed by atoms with Gasteiger partial charge in [0.1, 0.15) is 17.6 Å². The van der Waals surface area contributed by atoms with E-state index in [9.17, 15) is 0 Å². The molecule has 7 heteroatoms. The molecule has 0 fully saturated rings. The predicted molar refractivity (Wildman–Crippen MR) is 106 cm³/mol. The van der Waals surface area contributed by atoms with Crippen LogP contribution in [0.4, 0.5) is 0 Å². The Morgan fingerprint density at radius 2 is 1.75 bits per heavy atom. The Balaban J connectivity index is 1.56. The molecule has 0 spiro atoms. The molecular weight excluding hydrogens is 374 g/mol. The van der Waals surface area contributed by atoms with Crippen molar-refractivity contribution in [1.82, 2.24) is 20.2 Å². The molecule has 1 aromatic carbocycles. The van der Waals surface area contributed by atoms with Gasteiger partial charge in [0.05, 0.1) is 16.4 Å². The maximum Gasteiger partial charge on any atom is 0.238 e. The van der Waals surface area contributed by atoms with Gasteiger partial charge in [-0.15, -0.1) is 10.2 Å². The van der Waals surface area contributed by atoms with Gasteiger partial charge in [0.15, 0.2) is 5.69 Å². The zero-order chi connectivity index (χ0) is 19.9. The van der Waals surface area contributed by atoms with Gasteiger partial charge in [-0.3, -0.25) is 0 Å². The summed E-state index contributed by atoms with van der Waals surface area (Å²) in [6.07, 6.45) is 3.48. The fraction of sp³-hybridized carbons (Fsp3) is 0.286. The molecule has 0 unspecified atom stereocenters. The molecule has 6 nitrogen and oxygen atoms in total. The molecule has 0 aliphatic carbocycles. The van der Waals surface area contributed by atoms with Gasteiger partial charge in [-0.05, 0) is 56.4 Å². The Bertz CT molecular complexity index is 981. The van der Waals surface area contributed by atoms with Crippen LogP contribution in [0.25, 0.3) is 0 Å². The van der Waals surface area contributed by atoms with Crippen molar-refractivity contribution in [2.24, 2.45) is 0 Å². The van der Waals surface area contributed by atoms with Crippen LogP contribution in [0.15, 0.2) is 36.4 Å². The molecule has 2 heterocycles. The maximum absolute atomic E-state index is 8.74. The summed E-state index contributed by atoms with van der Waals surface area (Å²) in [5.74, 6) is 1.79. The summed E-state index contributed by atoms with van der Waals surface area (Å²) in [6.45, 7) is 3.94. The zero-order valence-corrected chi connectivity index (χ0v) is 16.6. The lowest BCUT2D eigenvalue weighted by Gasteiger charge is -2.09. The van der Waals surface area contributed by atoms with Gasteiger partial charge < -0.3 is 4.74 Å². The fourth-order valence-electron chi connectivity index (χ4n) is 2.82. The highest BCUT2D eigenvalue weighted by Gasteiger charge is 2.10. The Hall–Kier alpha value is -3.04. The van der Waals surface area contributed by atoms with E-state index in [1.54, 1.807) is 12.1 Å². The van der Waals surface area contributed by atoms with Gasteiger partial charge >= 0.3 is 0 Å². The van der Waals surface area contributed by atoms with E-state index in [-0.39, 0.29) is 5.69 Å². The van der Waals surface area contributed by atoms with Crippen LogP contribution in [0.5, 0.6) is 11.6 Å². The molecule has 0 N–H and O–H groups in total. The third kappa shape index (κ3) is 5.02. The number of ether oxygens (including phenoxy) is 1. The number of aryl methyl sites for hydroxylation is 4. The van der Waals surface area contributed by atoms with Crippen LogP contribution in [0, 0.1) is 18.3 Å². The lowest BCUT2D eigenvalue weighted by Crippen LogP contribution is -2.03. The lowest BCUT2D eigenvalue weighted by molar-refractivity contribution is 0.454. The average molecular weight is 394 g/mol. The molecule has 3 rings (SSSR count). The van der Waals surface area contributed by atoms with Crippen molar-refractivity contribution < 1.29 is 4.74 Å². The summed E-state index contributed by atoms with van der Waals surface area (Å²) in [5.41, 5.74) is 3.30. The van der Waals surface area contributed by atoms with Crippen LogP contribution in [-0.2, 0) is 19.3 Å². The first kappa shape index (κ1) is 19.7. The normalized spacial score (nSPS) is 10.5. The van der Waals surface area contributed by atoms with E-state index in [0.717, 1.165) is 42.9 Å². The fourth-order valence-corrected chi connectivity index (χ4v) is 3.13. The molecule has 3 aromatic rings. The quantitative estimate of drug-likeness (QED) is 0.581. The summed E-state index contributed by atoms with van der Waals surface area (Å²) in [4.78, 5) is 8.88. The monoisotopic (exact) mass is 393 g/mol. The van der Waals surface area contributed by atoms with Gasteiger partial charge in [-0.1, -0.05) is 30.7 Å². The number of halogens is 1. The van der Waals surface area contributed by atoms with Crippen molar-refractivity contribution in [2.75, 3.05) is 0 Å². The molecule has 2 aromatic heterocycles. The maximum atomic E-state index is 8.74. The van der Waals surface area contributed by atoms with Gasteiger partial charge in [0, 0.05) is 6.07 Å². The molecule has 0 aliphatic rings. The molecule has 0 bridgehead atoms. The smallest absolute Gasteiger partial charge is 0.238 e. The summed E-state index contributed by atoms with van der Waals surface area (Å²) in [6, 6.07) is 13.0. The second-order valence-electron chi connectivity index (χ2n) is 6.30. The minimum atomic E-state index is 0.257. The van der Waals surface area contributed by atoms with Crippen molar-refractivity contribution in [1.29, 1.82) is 5.26 Å². The Labute approximate surface area is 169 Å². The Morgan fingerprint density at radius 1 is 1.00 bits per heavy atom. The third-order valence-electron chi connectivity index (χ3n) is 4.21. The Morgan fingerprint density at radius 3 is 2.39 bits per heavy atom. The number of nitriles is 1. The van der Waals surface area contributed by atoms with E-state index >= 15 is 0 Å². The van der Waals surface area contributed by atoms with E-state index in [2.05, 4.69) is 20.2 Å². The molecule has 0 radical (unpaired) electrons. The summed E-state index contributed by atoms with van der Waals surface area (Å²) >= 11 is 6.41. The first-order valence-electron chi connectivity index (χ1n) is 9.11. The van der Waals surface area contributed by atoms with Crippen molar-refractivity contribution in [3.05, 3.63) is 69.9 Å². The van der Waals surface area contributed by atoms with Crippen molar-refractivity contribution in [3.63, 3.8) is 0 Å². The zero-order valence-electron chi connectivity index (χ0n) is 15.8. The van der Waals surface area contributed by atoms with Crippen LogP contribution in [-0.4, -0.2) is 20.2 Å². The summed E-state index contributed by atoms with van der Waals surface area (Å²) in [5, 5.41) is 17.0. The van der Waals surface area contributed by atoms with Crippen LogP contribution >= 0.6 is 11.6 Å². The minimum absolute atomic E-state index is 0.257. The highest BCUT2D eigenvalue weighted by atomic mass is 35.5. The van der Waals surface area contributed by atoms with E-state index in [4.69, 9.17) is 21.6 Å². The van der Waals surface area contributed by atoms with Crippen molar-refractivity contribution in [3.8, 4) is 17.7 Å². The SMILES string of the molecule is CCc1nc(C)nc(CCCc2ccc(Oc3ccc(C#N)nn3)cc2)c1Cl. The number of aromatic nitrogens is 4. The molecule has 28 heavy (non-hydrogen) atoms. The summed E-state index contributed by atoms with van der Waals surface area (Å²) in [7, 11) is 0. The Kier molecular flexibility index (Phi) is 6.51. The van der Waals surface area contributed by atoms with Crippen LogP contribution in [0.2, 0.25) is 5.02 Å². The number of hydrogen-bond donors (Lipinski definition) is 0. The predicted octanol–water partition coefficient (Wildman–Crippen LogP) is 4.63. The first-order chi connectivity index (χ1) is 13.6. The van der Waals surface area contributed by atoms with Gasteiger partial charge in [-0.2, -0.15) is 5.26 Å². The molecule has 0 saturated heterocycles. The van der Waals surface area contributed by atoms with Crippen molar-refractivity contribution >= 4 is 11.6 Å². The lowest BCUT2D eigenvalue weighted by atomic mass is 10.1. The first-order valence-corrected chi connectivity index (χ1v) is 9.49. The van der Waals surface area contributed by atoms with Crippen LogP contribution in [0.3, 0.4) is 0 Å². The van der Waals surface area contributed by atoms with E-state index in [0.29, 0.717) is 16.7 Å². The number of nitrogens with zero attached hydrogens (tertiary/aromatic N) is 5. The second kappa shape index (κ2) is 9.25. The standard InChI is InChI=1S/C21H20ClN5O/c1-3-18-21(22)19(25-14(2)24-18)6-4-5-15-7-10-17(11-8-15)28-20-12-9-16(13-23)26-27-20/h7-12H,3-6H2,1-2H3. The van der Waals surface area contributed by atoms with Gasteiger partial charge in [-0.25, -0.2) is 9.97 Å². The number of rotatable bonds is 7. The van der Waals surface area contributed by atoms with E-state index < -0.39 is 0 Å². The van der Waals surface area contributed by atoms with Gasteiger partial charge in [0.25, 0.3) is 0 Å². The highest BCUT2D eigenvalue weighted by molar-refractivity contribution is 6.31. The number of hydrogen-bond acceptors (Lipinski definition) is 6. The number of benzene rings is 1. The average Bonchev–Trinajstić information content (AvgIpc) is 2.72. The molecule has 142 valence electrons. The minimum Gasteiger partial charge on any atom is -0.438 e. The van der Waals surface area contributed by atoms with E-state index in [1.807, 2.05) is 44.2 Å². The largest absolute Gasteiger partial charge is 0.438 e.